The Hall–Kier alpha value is -2.58. The van der Waals surface area contributed by atoms with Crippen LogP contribution in [0.25, 0.3) is 6.08 Å². The van der Waals surface area contributed by atoms with Crippen LogP contribution in [0.5, 0.6) is 0 Å². The lowest BCUT2D eigenvalue weighted by Gasteiger charge is -2.40. The lowest BCUT2D eigenvalue weighted by Crippen LogP contribution is -2.51. The zero-order chi connectivity index (χ0) is 26.4. The number of benzene rings is 1. The normalized spacial score (nSPS) is 29.6. The van der Waals surface area contributed by atoms with E-state index in [0.717, 1.165) is 23.6 Å². The number of hydrogen-bond donors (Lipinski definition) is 1. The van der Waals surface area contributed by atoms with E-state index in [4.69, 9.17) is 37.5 Å². The third kappa shape index (κ3) is 4.98. The molecule has 3 aliphatic heterocycles. The molecule has 1 saturated heterocycles. The number of hydrazone groups is 1. The lowest BCUT2D eigenvalue weighted by molar-refractivity contribution is -0.138. The fraction of sp³-hybridized carbons (Fsp3) is 0.429. The maximum atomic E-state index is 13.8. The second-order valence-electron chi connectivity index (χ2n) is 10.3. The quantitative estimate of drug-likeness (QED) is 0.519. The van der Waals surface area contributed by atoms with Crippen LogP contribution in [0.1, 0.15) is 44.6 Å². The summed E-state index contributed by atoms with van der Waals surface area (Å²) in [7, 11) is 2.11. The Labute approximate surface area is 227 Å². The molecule has 3 aliphatic rings. The molecule has 1 N–H and O–H groups in total. The van der Waals surface area contributed by atoms with Crippen molar-refractivity contribution in [3.8, 4) is 0 Å². The molecule has 1 amide bonds. The van der Waals surface area contributed by atoms with Crippen molar-refractivity contribution in [1.29, 1.82) is 0 Å². The maximum Gasteiger partial charge on any atom is 0.246 e. The van der Waals surface area contributed by atoms with Crippen molar-refractivity contribution in [1.82, 2.24) is 9.91 Å². The molecule has 0 aliphatic carbocycles. The van der Waals surface area contributed by atoms with Gasteiger partial charge in [-0.05, 0) is 56.0 Å². The topological polar surface area (TPSA) is 78.5 Å². The fourth-order valence-electron chi connectivity index (χ4n) is 5.55. The van der Waals surface area contributed by atoms with Crippen LogP contribution in [0.4, 0.5) is 0 Å². The van der Waals surface area contributed by atoms with E-state index >= 15 is 0 Å². The summed E-state index contributed by atoms with van der Waals surface area (Å²) < 4.78 is 11.5. The third-order valence-corrected chi connectivity index (χ3v) is 8.33. The van der Waals surface area contributed by atoms with Crippen LogP contribution in [0.15, 0.2) is 63.5 Å². The van der Waals surface area contributed by atoms with Gasteiger partial charge in [-0.3, -0.25) is 4.79 Å². The van der Waals surface area contributed by atoms with Crippen LogP contribution >= 0.6 is 23.2 Å². The molecule has 2 aromatic rings. The Kier molecular flexibility index (Phi) is 7.24. The van der Waals surface area contributed by atoms with Crippen LogP contribution in [0.2, 0.25) is 10.0 Å². The number of rotatable bonds is 5. The van der Waals surface area contributed by atoms with Crippen molar-refractivity contribution in [3.63, 3.8) is 0 Å². The second-order valence-corrected chi connectivity index (χ2v) is 11.1. The van der Waals surface area contributed by atoms with Gasteiger partial charge >= 0.3 is 0 Å². The molecule has 37 heavy (non-hydrogen) atoms. The Morgan fingerprint density at radius 3 is 2.76 bits per heavy atom. The van der Waals surface area contributed by atoms with E-state index in [2.05, 4.69) is 25.8 Å². The number of allylic oxidation sites excluding steroid dienone is 1. The van der Waals surface area contributed by atoms with Gasteiger partial charge in [0, 0.05) is 48.0 Å². The number of halogens is 2. The lowest BCUT2D eigenvalue weighted by atomic mass is 9.78. The van der Waals surface area contributed by atoms with Gasteiger partial charge in [0.1, 0.15) is 17.6 Å². The van der Waals surface area contributed by atoms with Gasteiger partial charge in [-0.15, -0.1) is 0 Å². The summed E-state index contributed by atoms with van der Waals surface area (Å²) in [6, 6.07) is 8.92. The molecule has 0 saturated carbocycles. The predicted octanol–water partition coefficient (Wildman–Crippen LogP) is 5.75. The number of amides is 1. The summed E-state index contributed by atoms with van der Waals surface area (Å²) in [5, 5.41) is 17.9. The molecular formula is C28H31Cl2N3O4. The number of fused-ring (bicyclic) bond motifs is 1. The number of hydrogen-bond acceptors (Lipinski definition) is 6. The first kappa shape index (κ1) is 26.0. The molecule has 1 aromatic carbocycles. The Morgan fingerprint density at radius 2 is 2.05 bits per heavy atom. The van der Waals surface area contributed by atoms with E-state index in [9.17, 15) is 9.90 Å². The van der Waals surface area contributed by atoms with E-state index in [1.807, 2.05) is 25.1 Å². The van der Waals surface area contributed by atoms with E-state index in [0.29, 0.717) is 27.8 Å². The molecule has 6 unspecified atom stereocenters. The molecule has 1 aromatic heterocycles. The van der Waals surface area contributed by atoms with Gasteiger partial charge < -0.3 is 19.2 Å². The minimum absolute atomic E-state index is 0.0561. The van der Waals surface area contributed by atoms with Crippen LogP contribution < -0.4 is 0 Å². The van der Waals surface area contributed by atoms with Crippen molar-refractivity contribution in [3.05, 3.63) is 75.4 Å². The van der Waals surface area contributed by atoms with Crippen LogP contribution in [-0.4, -0.2) is 52.6 Å². The zero-order valence-electron chi connectivity index (χ0n) is 21.3. The van der Waals surface area contributed by atoms with Crippen molar-refractivity contribution < 1.29 is 19.1 Å². The van der Waals surface area contributed by atoms with Gasteiger partial charge in [0.25, 0.3) is 0 Å². The first-order valence-electron chi connectivity index (χ1n) is 12.5. The molecule has 0 bridgehead atoms. The van der Waals surface area contributed by atoms with Crippen LogP contribution in [0.3, 0.4) is 0 Å². The van der Waals surface area contributed by atoms with Crippen molar-refractivity contribution in [2.45, 2.75) is 45.6 Å². The highest BCUT2D eigenvalue weighted by Crippen LogP contribution is 2.44. The number of carbonyl (C=O) groups is 1. The van der Waals surface area contributed by atoms with E-state index < -0.39 is 12.2 Å². The zero-order valence-corrected chi connectivity index (χ0v) is 22.8. The van der Waals surface area contributed by atoms with Gasteiger partial charge in [-0.1, -0.05) is 43.1 Å². The van der Waals surface area contributed by atoms with E-state index in [-0.39, 0.29) is 29.8 Å². The number of ether oxygens (including phenoxy) is 1. The largest absolute Gasteiger partial charge is 0.467 e. The van der Waals surface area contributed by atoms with E-state index in [1.54, 1.807) is 35.6 Å². The number of nitrogens with zero attached hydrogens (tertiary/aromatic N) is 3. The first-order chi connectivity index (χ1) is 17.6. The summed E-state index contributed by atoms with van der Waals surface area (Å²) in [5.74, 6) is 1.04. The van der Waals surface area contributed by atoms with Crippen LogP contribution in [-0.2, 0) is 9.53 Å². The number of carbonyl (C=O) groups excluding carboxylic acids is 1. The highest BCUT2D eigenvalue weighted by molar-refractivity contribution is 6.42. The van der Waals surface area contributed by atoms with Crippen molar-refractivity contribution in [2.75, 3.05) is 13.6 Å². The Balaban J connectivity index is 1.36. The SMILES string of the molecule is CC(CC1=C/C(=C/c2ccc(Cl)c(Cl)c2)C(O)O1)C(=O)N1N=C2C(C)CN(C)C(C)C2C1c1ccco1. The summed E-state index contributed by atoms with van der Waals surface area (Å²) in [6.45, 7) is 7.09. The molecule has 196 valence electrons. The number of aliphatic hydroxyl groups is 1. The summed E-state index contributed by atoms with van der Waals surface area (Å²) in [4.78, 5) is 16.1. The number of furan rings is 1. The highest BCUT2D eigenvalue weighted by Gasteiger charge is 2.50. The average molecular weight is 544 g/mol. The maximum absolute atomic E-state index is 13.8. The minimum Gasteiger partial charge on any atom is -0.467 e. The molecule has 9 heteroatoms. The smallest absolute Gasteiger partial charge is 0.246 e. The van der Waals surface area contributed by atoms with Gasteiger partial charge in [0.2, 0.25) is 12.2 Å². The van der Waals surface area contributed by atoms with Crippen LogP contribution in [0, 0.1) is 17.8 Å². The number of piperidine rings is 1. The number of aliphatic hydroxyl groups excluding tert-OH is 1. The monoisotopic (exact) mass is 543 g/mol. The fourth-order valence-corrected chi connectivity index (χ4v) is 5.85. The number of likely N-dealkylation sites (tertiary alicyclic amines) is 1. The molecule has 1 fully saturated rings. The Morgan fingerprint density at radius 1 is 1.27 bits per heavy atom. The average Bonchev–Trinajstić information content (AvgIpc) is 3.58. The first-order valence-corrected chi connectivity index (χ1v) is 13.3. The van der Waals surface area contributed by atoms with Gasteiger partial charge in [-0.25, -0.2) is 5.01 Å². The summed E-state index contributed by atoms with van der Waals surface area (Å²) in [6.07, 6.45) is 4.41. The Bertz CT molecular complexity index is 1270. The molecule has 5 rings (SSSR count). The third-order valence-electron chi connectivity index (χ3n) is 7.59. The van der Waals surface area contributed by atoms with Gasteiger partial charge in [0.15, 0.2) is 0 Å². The van der Waals surface area contributed by atoms with Crippen molar-refractivity contribution >= 4 is 40.9 Å². The molecule has 7 nitrogen and oxygen atoms in total. The van der Waals surface area contributed by atoms with E-state index in [1.165, 1.54) is 0 Å². The molecule has 6 atom stereocenters. The molecule has 0 spiro atoms. The molecule has 0 radical (unpaired) electrons. The predicted molar refractivity (Wildman–Crippen MR) is 144 cm³/mol. The standard InChI is InChI=1S/C28H31Cl2N3O4/c1-15(10-20-13-19(28(35)37-20)11-18-7-8-21(29)22(30)12-18)27(34)33-26(23-6-5-9-36-23)24-17(3)32(4)14-16(2)25(24)31-33/h5-9,11-13,15-17,24,26,28,35H,10,14H2,1-4H3/b19-11-. The summed E-state index contributed by atoms with van der Waals surface area (Å²) >= 11 is 12.1. The van der Waals surface area contributed by atoms with Gasteiger partial charge in [-0.2, -0.15) is 5.10 Å². The second kappa shape index (κ2) is 10.3. The highest BCUT2D eigenvalue weighted by atomic mass is 35.5. The molecule has 4 heterocycles. The van der Waals surface area contributed by atoms with Gasteiger partial charge in [0.05, 0.1) is 16.3 Å². The molecular weight excluding hydrogens is 513 g/mol. The minimum atomic E-state index is -1.12. The van der Waals surface area contributed by atoms with Crippen molar-refractivity contribution in [2.24, 2.45) is 22.9 Å². The summed E-state index contributed by atoms with van der Waals surface area (Å²) in [5.41, 5.74) is 2.42.